The van der Waals surface area contributed by atoms with Gasteiger partial charge in [0.1, 0.15) is 5.82 Å². The minimum absolute atomic E-state index is 0. The molecule has 2 aromatic heterocycles. The predicted molar refractivity (Wildman–Crippen MR) is 287 cm³/mol. The first-order valence-electron chi connectivity index (χ1n) is 23.9. The van der Waals surface area contributed by atoms with E-state index in [1.807, 2.05) is 6.20 Å². The van der Waals surface area contributed by atoms with Crippen LogP contribution in [0.2, 0.25) is 0 Å². The Labute approximate surface area is 424 Å². The summed E-state index contributed by atoms with van der Waals surface area (Å²) < 4.78 is 2.30. The van der Waals surface area contributed by atoms with E-state index in [0.717, 1.165) is 56.4 Å². The number of nitrogens with zero attached hydrogens (tertiary/aromatic N) is 5. The van der Waals surface area contributed by atoms with Gasteiger partial charge in [-0.15, -0.1) is 48.1 Å². The molecule has 10 rings (SSSR count). The second-order valence-corrected chi connectivity index (χ2v) is 21.7. The summed E-state index contributed by atoms with van der Waals surface area (Å²) in [5.41, 5.74) is 15.5. The molecule has 3 heterocycles. The maximum atomic E-state index is 5.09. The number of hydrogen-bond donors (Lipinski definition) is 0. The Morgan fingerprint density at radius 1 is 0.478 bits per heavy atom. The standard InChI is InChI=1S/C63H62N5.Pt/c1-60(2,3)47-35-48(61(4,5)6)37-52(36-47)67-42-66(56-27-18-19-28-57(56)67)51-26-20-25-49(40-51)65(11)50-30-31-53-54-38-45(62(7,8)43-21-14-12-15-22-43)29-32-55(54)68(58(53)41-50)59-39-46(33-34-64-59)63(9,10)44-23-16-13-17-24-44;/h12-39,42H,1-11H3;/q-3;. The molecule has 0 bridgehead atoms. The molecule has 1 aliphatic rings. The molecule has 5 nitrogen and oxygen atoms in total. The van der Waals surface area contributed by atoms with Gasteiger partial charge in [-0.1, -0.05) is 177 Å². The second-order valence-electron chi connectivity index (χ2n) is 21.7. The van der Waals surface area contributed by atoms with E-state index in [1.54, 1.807) is 0 Å². The van der Waals surface area contributed by atoms with Gasteiger partial charge in [-0.3, -0.25) is 0 Å². The van der Waals surface area contributed by atoms with Gasteiger partial charge in [0.15, 0.2) is 0 Å². The molecule has 1 aliphatic heterocycles. The number of para-hydroxylation sites is 2. The van der Waals surface area contributed by atoms with Crippen molar-refractivity contribution in [3.05, 3.63) is 222 Å². The summed E-state index contributed by atoms with van der Waals surface area (Å²) in [4.78, 5) is 11.9. The van der Waals surface area contributed by atoms with Gasteiger partial charge in [0.05, 0.1) is 0 Å². The number of fused-ring (bicyclic) bond motifs is 4. The summed E-state index contributed by atoms with van der Waals surface area (Å²) >= 11 is 0. The largest absolute Gasteiger partial charge is 0.493 e. The van der Waals surface area contributed by atoms with E-state index >= 15 is 0 Å². The average Bonchev–Trinajstić information content (AvgIpc) is 3.89. The normalized spacial score (nSPS) is 13.2. The summed E-state index contributed by atoms with van der Waals surface area (Å²) in [7, 11) is 2.11. The minimum atomic E-state index is -0.239. The molecule has 0 amide bonds. The maximum absolute atomic E-state index is 5.09. The van der Waals surface area contributed by atoms with Crippen LogP contribution in [-0.4, -0.2) is 16.6 Å². The molecule has 0 unspecified atom stereocenters. The van der Waals surface area contributed by atoms with E-state index in [-0.39, 0.29) is 42.7 Å². The van der Waals surface area contributed by atoms with Gasteiger partial charge < -0.3 is 19.3 Å². The number of pyridine rings is 1. The van der Waals surface area contributed by atoms with E-state index in [1.165, 1.54) is 38.8 Å². The summed E-state index contributed by atoms with van der Waals surface area (Å²) in [6.45, 7) is 25.2. The first-order valence-corrected chi connectivity index (χ1v) is 23.9. The third-order valence-corrected chi connectivity index (χ3v) is 14.4. The van der Waals surface area contributed by atoms with E-state index in [0.29, 0.717) is 0 Å². The van der Waals surface area contributed by atoms with Crippen molar-refractivity contribution in [2.75, 3.05) is 21.7 Å². The topological polar surface area (TPSA) is 27.5 Å². The molecule has 352 valence electrons. The number of benzene rings is 7. The van der Waals surface area contributed by atoms with Gasteiger partial charge in [0.2, 0.25) is 0 Å². The SMILES string of the molecule is CN(c1[c-]c(N2[CH-]N(c3cc(C(C)(C)C)cc(C(C)(C)C)c3)c3ccccc32)ccc1)c1[c-]c2c(cc1)c1cc(C(C)(C)c3ccccc3)ccc1n2-c1cc(C(C)(C)c2ccccc2)ccn1.[Pt]. The van der Waals surface area contributed by atoms with Gasteiger partial charge in [-0.2, -0.15) is 12.1 Å². The summed E-state index contributed by atoms with van der Waals surface area (Å²) in [6.07, 6.45) is 1.95. The average molecular weight is 1080 g/mol. The fourth-order valence-corrected chi connectivity index (χ4v) is 9.76. The molecule has 9 aromatic rings. The van der Waals surface area contributed by atoms with Crippen LogP contribution >= 0.6 is 0 Å². The zero-order valence-electron chi connectivity index (χ0n) is 41.8. The van der Waals surface area contributed by atoms with Crippen LogP contribution in [-0.2, 0) is 42.7 Å². The molecule has 0 spiro atoms. The summed E-state index contributed by atoms with van der Waals surface area (Å²) in [6, 6.07) is 67.2. The van der Waals surface area contributed by atoms with Crippen molar-refractivity contribution in [2.24, 2.45) is 0 Å². The summed E-state index contributed by atoms with van der Waals surface area (Å²) in [5.74, 6) is 0.863. The van der Waals surface area contributed by atoms with Crippen LogP contribution in [0.15, 0.2) is 170 Å². The fraction of sp³-hybridized carbons (Fsp3) is 0.238. The van der Waals surface area contributed by atoms with Gasteiger partial charge in [0, 0.05) is 67.7 Å². The summed E-state index contributed by atoms with van der Waals surface area (Å²) in [5, 5.41) is 2.30. The number of anilines is 6. The monoisotopic (exact) mass is 1080 g/mol. The number of rotatable bonds is 9. The van der Waals surface area contributed by atoms with Crippen molar-refractivity contribution in [3.8, 4) is 5.82 Å². The zero-order valence-corrected chi connectivity index (χ0v) is 44.1. The van der Waals surface area contributed by atoms with E-state index in [9.17, 15) is 0 Å². The number of aromatic nitrogens is 2. The van der Waals surface area contributed by atoms with Crippen LogP contribution in [0.4, 0.5) is 34.1 Å². The molecular formula is C63H62N5Pt-3. The van der Waals surface area contributed by atoms with E-state index in [2.05, 4.69) is 278 Å². The maximum Gasteiger partial charge on any atom is 0.135 e. The molecule has 0 N–H and O–H groups in total. The van der Waals surface area contributed by atoms with Crippen molar-refractivity contribution in [1.82, 2.24) is 9.55 Å². The van der Waals surface area contributed by atoms with Crippen LogP contribution < -0.4 is 14.7 Å². The molecule has 0 atom stereocenters. The van der Waals surface area contributed by atoms with E-state index in [4.69, 9.17) is 4.98 Å². The Hall–Kier alpha value is -6.42. The molecule has 0 fully saturated rings. The quantitative estimate of drug-likeness (QED) is 0.135. The Morgan fingerprint density at radius 2 is 1.04 bits per heavy atom. The molecule has 7 aromatic carbocycles. The molecule has 69 heavy (non-hydrogen) atoms. The Kier molecular flexibility index (Phi) is 12.3. The Morgan fingerprint density at radius 3 is 1.65 bits per heavy atom. The molecule has 0 radical (unpaired) electrons. The predicted octanol–water partition coefficient (Wildman–Crippen LogP) is 16.2. The van der Waals surface area contributed by atoms with Gasteiger partial charge in [-0.05, 0) is 92.1 Å². The van der Waals surface area contributed by atoms with Gasteiger partial charge >= 0.3 is 0 Å². The smallest absolute Gasteiger partial charge is 0.135 e. The van der Waals surface area contributed by atoms with E-state index < -0.39 is 0 Å². The van der Waals surface area contributed by atoms with Crippen molar-refractivity contribution in [3.63, 3.8) is 0 Å². The van der Waals surface area contributed by atoms with Crippen LogP contribution in [0.3, 0.4) is 0 Å². The van der Waals surface area contributed by atoms with Crippen LogP contribution in [0.1, 0.15) is 103 Å². The first-order chi connectivity index (χ1) is 32.4. The third kappa shape index (κ3) is 8.69. The minimum Gasteiger partial charge on any atom is -0.493 e. The molecule has 0 saturated heterocycles. The van der Waals surface area contributed by atoms with Gasteiger partial charge in [-0.25, -0.2) is 4.98 Å². The first kappa shape index (κ1) is 47.6. The molecular weight excluding hydrogens is 1020 g/mol. The van der Waals surface area contributed by atoms with Crippen molar-refractivity contribution >= 4 is 55.9 Å². The van der Waals surface area contributed by atoms with Crippen molar-refractivity contribution in [1.29, 1.82) is 0 Å². The molecule has 0 aliphatic carbocycles. The van der Waals surface area contributed by atoms with Crippen LogP contribution in [0.25, 0.3) is 27.6 Å². The third-order valence-electron chi connectivity index (χ3n) is 14.4. The van der Waals surface area contributed by atoms with Crippen molar-refractivity contribution < 1.29 is 21.1 Å². The number of hydrogen-bond acceptors (Lipinski definition) is 4. The second kappa shape index (κ2) is 17.8. The van der Waals surface area contributed by atoms with Crippen LogP contribution in [0, 0.1) is 18.8 Å². The molecule has 6 heteroatoms. The Bertz CT molecular complexity index is 3280. The van der Waals surface area contributed by atoms with Crippen LogP contribution in [0.5, 0.6) is 0 Å². The molecule has 0 saturated carbocycles. The Balaban J connectivity index is 0.00000593. The van der Waals surface area contributed by atoms with Gasteiger partial charge in [0.25, 0.3) is 0 Å². The zero-order chi connectivity index (χ0) is 47.8. The van der Waals surface area contributed by atoms with Crippen molar-refractivity contribution in [2.45, 2.75) is 90.9 Å². The fourth-order valence-electron chi connectivity index (χ4n) is 9.76.